The third-order valence-corrected chi connectivity index (χ3v) is 5.64. The van der Waals surface area contributed by atoms with Crippen molar-refractivity contribution in [3.05, 3.63) is 121 Å². The van der Waals surface area contributed by atoms with E-state index in [9.17, 15) is 1.37 Å². The van der Waals surface area contributed by atoms with Crippen molar-refractivity contribution in [2.45, 2.75) is 0 Å². The average Bonchev–Trinajstić information content (AvgIpc) is 3.48. The molecule has 1 nitrogen and oxygen atoms in total. The van der Waals surface area contributed by atoms with Crippen LogP contribution in [0.1, 0.15) is 20.6 Å². The summed E-state index contributed by atoms with van der Waals surface area (Å²) in [6.45, 7) is 0. The maximum Gasteiger partial charge on any atom is 0.136 e. The van der Waals surface area contributed by atoms with E-state index in [1.165, 1.54) is 0 Å². The topological polar surface area (TPSA) is 13.1 Å². The number of hydrogen-bond acceptors (Lipinski definition) is 1. The van der Waals surface area contributed by atoms with E-state index in [1.54, 1.807) is 30.3 Å². The van der Waals surface area contributed by atoms with Crippen molar-refractivity contribution in [1.29, 1.82) is 0 Å². The van der Waals surface area contributed by atoms with Crippen molar-refractivity contribution in [3.63, 3.8) is 0 Å². The van der Waals surface area contributed by atoms with Crippen LogP contribution in [0.2, 0.25) is 0 Å². The van der Waals surface area contributed by atoms with E-state index in [2.05, 4.69) is 0 Å². The smallest absolute Gasteiger partial charge is 0.136 e. The summed E-state index contributed by atoms with van der Waals surface area (Å²) in [6, 6.07) is -1.14. The first kappa shape index (κ1) is 8.88. The van der Waals surface area contributed by atoms with Gasteiger partial charge in [0.25, 0.3) is 0 Å². The molecule has 7 aromatic rings. The van der Waals surface area contributed by atoms with E-state index in [-0.39, 0.29) is 54.6 Å². The molecule has 0 fully saturated rings. The zero-order valence-electron chi connectivity index (χ0n) is 31.8. The van der Waals surface area contributed by atoms with Gasteiger partial charge in [0, 0.05) is 10.8 Å². The summed E-state index contributed by atoms with van der Waals surface area (Å²) in [7, 11) is 0. The molecule has 0 bridgehead atoms. The van der Waals surface area contributed by atoms with Crippen molar-refractivity contribution >= 4 is 43.5 Å². The molecule has 0 amide bonds. The van der Waals surface area contributed by atoms with Gasteiger partial charge in [-0.2, -0.15) is 0 Å². The predicted octanol–water partition coefficient (Wildman–Crippen LogP) is 9.23. The van der Waals surface area contributed by atoms with E-state index in [4.69, 9.17) is 23.6 Å². The van der Waals surface area contributed by atoms with Gasteiger partial charge in [-0.25, -0.2) is 0 Å². The van der Waals surface area contributed by atoms with Crippen molar-refractivity contribution < 1.29 is 25.0 Å². The Morgan fingerprint density at radius 1 is 0.485 bits per heavy atom. The van der Waals surface area contributed by atoms with Gasteiger partial charge in [-0.3, -0.25) is 0 Å². The lowest BCUT2D eigenvalue weighted by molar-refractivity contribution is 0.669. The first-order valence-electron chi connectivity index (χ1n) is 17.6. The molecule has 1 heteroatoms. The number of furan rings is 1. The molecule has 0 atom stereocenters. The van der Waals surface area contributed by atoms with Crippen LogP contribution in [0.3, 0.4) is 0 Å². The Morgan fingerprint density at radius 2 is 1.03 bits per heavy atom. The fourth-order valence-electron chi connectivity index (χ4n) is 4.32. The summed E-state index contributed by atoms with van der Waals surface area (Å²) in [4.78, 5) is 0. The molecule has 0 saturated carbocycles. The van der Waals surface area contributed by atoms with Gasteiger partial charge in [0.05, 0.1) is 20.6 Å². The van der Waals surface area contributed by atoms with Gasteiger partial charge < -0.3 is 4.42 Å². The second kappa shape index (κ2) is 7.08. The monoisotopic (exact) mass is 435 g/mol. The lowest BCUT2D eigenvalue weighted by atomic mass is 9.85. The first-order chi connectivity index (χ1) is 22.6. The third kappa shape index (κ3) is 2.66. The minimum Gasteiger partial charge on any atom is -0.456 e. The van der Waals surface area contributed by atoms with Gasteiger partial charge in [-0.05, 0) is 55.9 Å². The maximum atomic E-state index is 9.17. The van der Waals surface area contributed by atoms with Crippen LogP contribution in [-0.4, -0.2) is 0 Å². The zero-order chi connectivity index (χ0) is 34.8. The molecule has 0 unspecified atom stereocenters. The van der Waals surface area contributed by atoms with Gasteiger partial charge in [-0.15, -0.1) is 0 Å². The molecular formula is C32H20O. The molecule has 154 valence electrons. The van der Waals surface area contributed by atoms with Crippen LogP contribution in [0.15, 0.2) is 125 Å². The van der Waals surface area contributed by atoms with Crippen molar-refractivity contribution in [2.75, 3.05) is 0 Å². The molecule has 0 aliphatic carbocycles. The third-order valence-electron chi connectivity index (χ3n) is 5.64. The van der Waals surface area contributed by atoms with Gasteiger partial charge in [0.15, 0.2) is 0 Å². The zero-order valence-corrected chi connectivity index (χ0v) is 16.8. The Labute approximate surface area is 212 Å². The molecular weight excluding hydrogens is 400 g/mol. The number of para-hydroxylation sites is 1. The van der Waals surface area contributed by atoms with E-state index in [0.717, 1.165) is 0 Å². The Balaban J connectivity index is 1.95. The standard InChI is InChI=1S/C32H20O/c1-2-11-21(12-3-1)30-22-13-4-6-15-24(22)31(25-16-7-5-14-23(25)30)27-18-10-20-29-32(27)26-17-8-9-19-28(26)33-29/h1-20H/i4D,5D,6D,7D,8D,9D,10D,13D,14D,15D,16D,17D,18D,19D,20D. The molecule has 0 aliphatic heterocycles. The molecule has 0 N–H and O–H groups in total. The minimum atomic E-state index is -0.707. The van der Waals surface area contributed by atoms with Gasteiger partial charge in [0.1, 0.15) is 11.2 Å². The Kier molecular flexibility index (Phi) is 1.90. The predicted molar refractivity (Wildman–Crippen MR) is 140 cm³/mol. The molecule has 1 heterocycles. The summed E-state index contributed by atoms with van der Waals surface area (Å²) in [5, 5.41) is -1.27. The fraction of sp³-hybridized carbons (Fsp3) is 0. The minimum absolute atomic E-state index is 0.0771. The highest BCUT2D eigenvalue weighted by Crippen LogP contribution is 2.46. The first-order valence-corrected chi connectivity index (χ1v) is 10.1. The lowest BCUT2D eigenvalue weighted by Gasteiger charge is -2.18. The van der Waals surface area contributed by atoms with E-state index >= 15 is 0 Å². The largest absolute Gasteiger partial charge is 0.456 e. The Hall–Kier alpha value is -4.36. The van der Waals surface area contributed by atoms with E-state index in [1.807, 2.05) is 0 Å². The van der Waals surface area contributed by atoms with Gasteiger partial charge in [0.2, 0.25) is 0 Å². The maximum absolute atomic E-state index is 9.17. The summed E-state index contributed by atoms with van der Waals surface area (Å²) in [5.74, 6) is 0. The number of benzene rings is 6. The number of rotatable bonds is 2. The van der Waals surface area contributed by atoms with Crippen LogP contribution in [-0.2, 0) is 0 Å². The molecule has 1 aromatic heterocycles. The van der Waals surface area contributed by atoms with Crippen LogP contribution in [0, 0.1) is 0 Å². The van der Waals surface area contributed by atoms with Crippen LogP contribution < -0.4 is 0 Å². The second-order valence-corrected chi connectivity index (χ2v) is 7.38. The van der Waals surface area contributed by atoms with Crippen LogP contribution in [0.25, 0.3) is 65.7 Å². The summed E-state index contributed by atoms with van der Waals surface area (Å²) in [5.41, 5.74) is -0.974. The Morgan fingerprint density at radius 3 is 1.70 bits per heavy atom. The van der Waals surface area contributed by atoms with Crippen molar-refractivity contribution in [2.24, 2.45) is 0 Å². The second-order valence-electron chi connectivity index (χ2n) is 7.38. The van der Waals surface area contributed by atoms with Crippen LogP contribution >= 0.6 is 0 Å². The van der Waals surface area contributed by atoms with Crippen molar-refractivity contribution in [3.8, 4) is 22.3 Å². The molecule has 7 rings (SSSR count). The molecule has 0 spiro atoms. The van der Waals surface area contributed by atoms with Gasteiger partial charge in [-0.1, -0.05) is 109 Å². The Bertz CT molecular complexity index is 2530. The van der Waals surface area contributed by atoms with E-state index in [0.29, 0.717) is 5.56 Å². The van der Waals surface area contributed by atoms with Gasteiger partial charge >= 0.3 is 0 Å². The molecule has 0 aliphatic rings. The lowest BCUT2D eigenvalue weighted by Crippen LogP contribution is -1.91. The molecule has 33 heavy (non-hydrogen) atoms. The average molecular weight is 436 g/mol. The number of hydrogen-bond donors (Lipinski definition) is 0. The highest BCUT2D eigenvalue weighted by molar-refractivity contribution is 6.25. The summed E-state index contributed by atoms with van der Waals surface area (Å²) < 4.78 is 137. The van der Waals surface area contributed by atoms with Crippen molar-refractivity contribution in [1.82, 2.24) is 0 Å². The summed E-state index contributed by atoms with van der Waals surface area (Å²) in [6.07, 6.45) is 0. The SMILES string of the molecule is [2H]c1c([2H])c([2H])c2c(oc3c([2H])c([2H])c([2H])c(-c4c5c([2H])c([2H])c([2H])c([2H])c5c(-c5ccccc5)c5c([2H])c([2H])c([2H])c([2H])c45)c32)c1[2H]. The quantitative estimate of drug-likeness (QED) is 0.247. The summed E-state index contributed by atoms with van der Waals surface area (Å²) >= 11 is 0. The van der Waals surface area contributed by atoms with Crippen LogP contribution in [0.4, 0.5) is 0 Å². The molecule has 6 aromatic carbocycles. The van der Waals surface area contributed by atoms with Crippen LogP contribution in [0.5, 0.6) is 0 Å². The van der Waals surface area contributed by atoms with E-state index < -0.39 is 96.2 Å². The highest BCUT2D eigenvalue weighted by Gasteiger charge is 2.19. The normalized spacial score (nSPS) is 18.0. The fourth-order valence-corrected chi connectivity index (χ4v) is 4.32. The molecule has 0 saturated heterocycles. The highest BCUT2D eigenvalue weighted by atomic mass is 16.3. The number of fused-ring (bicyclic) bond motifs is 5. The molecule has 0 radical (unpaired) electrons.